The van der Waals surface area contributed by atoms with Gasteiger partial charge in [0.2, 0.25) is 0 Å². The predicted molar refractivity (Wildman–Crippen MR) is 109 cm³/mol. The van der Waals surface area contributed by atoms with Gasteiger partial charge in [-0.3, -0.25) is 0 Å². The monoisotopic (exact) mass is 458 g/mol. The van der Waals surface area contributed by atoms with Crippen LogP contribution in [0.3, 0.4) is 0 Å². The molecule has 24 heavy (non-hydrogen) atoms. The maximum atomic E-state index is 12.2. The van der Waals surface area contributed by atoms with Gasteiger partial charge in [0.1, 0.15) is 14.2 Å². The summed E-state index contributed by atoms with van der Waals surface area (Å²) in [6.07, 6.45) is 4.91. The molecule has 1 aromatic rings. The van der Waals surface area contributed by atoms with Gasteiger partial charge in [-0.15, -0.1) is 0 Å². The Balaban J connectivity index is 2.39. The number of hydrogen-bond donors (Lipinski definition) is 0. The minimum atomic E-state index is -1.81. The van der Waals surface area contributed by atoms with Crippen molar-refractivity contribution in [1.82, 2.24) is 0 Å². The Morgan fingerprint density at radius 3 is 2.46 bits per heavy atom. The zero-order valence-corrected chi connectivity index (χ0v) is 18.6. The van der Waals surface area contributed by atoms with Crippen LogP contribution in [0, 0.1) is 10.7 Å². The lowest BCUT2D eigenvalue weighted by Gasteiger charge is -2.35. The van der Waals surface area contributed by atoms with E-state index in [0.717, 1.165) is 38.7 Å². The van der Waals surface area contributed by atoms with E-state index < -0.39 is 14.2 Å². The first-order valence-corrected chi connectivity index (χ1v) is 12.4. The van der Waals surface area contributed by atoms with Crippen molar-refractivity contribution in [3.63, 3.8) is 0 Å². The summed E-state index contributed by atoms with van der Waals surface area (Å²) in [7, 11) is -1.81. The molecule has 0 saturated heterocycles. The first-order valence-electron chi connectivity index (χ1n) is 8.32. The van der Waals surface area contributed by atoms with Gasteiger partial charge in [-0.05, 0) is 36.4 Å². The Bertz CT molecular complexity index is 692. The lowest BCUT2D eigenvalue weighted by Crippen LogP contribution is -2.50. The number of ether oxygens (including phenoxy) is 1. The van der Waals surface area contributed by atoms with Gasteiger partial charge in [-0.25, -0.2) is 4.79 Å². The van der Waals surface area contributed by atoms with E-state index in [1.165, 1.54) is 0 Å². The molecule has 0 radical (unpaired) electrons. The predicted octanol–water partition coefficient (Wildman–Crippen LogP) is 5.40. The van der Waals surface area contributed by atoms with E-state index in [-0.39, 0.29) is 11.0 Å². The van der Waals surface area contributed by atoms with Crippen LogP contribution in [0.2, 0.25) is 18.1 Å². The molecule has 0 spiro atoms. The van der Waals surface area contributed by atoms with Gasteiger partial charge in [0.25, 0.3) is 0 Å². The van der Waals surface area contributed by atoms with Crippen LogP contribution in [0.1, 0.15) is 50.8 Å². The molecule has 0 bridgehead atoms. The van der Waals surface area contributed by atoms with E-state index in [1.807, 2.05) is 6.08 Å². The van der Waals surface area contributed by atoms with Crippen molar-refractivity contribution < 1.29 is 13.9 Å². The molecule has 0 aliphatic heterocycles. The number of carbonyl (C=O) groups is 1. The quantitative estimate of drug-likeness (QED) is 0.257. The highest BCUT2D eigenvalue weighted by Crippen LogP contribution is 2.39. The Morgan fingerprint density at radius 1 is 1.46 bits per heavy atom. The standard InChI is InChI=1S/C19H27IO3Si/c1-8-14(22-17(21)13-10-9-11-13)15-12(2)18(23-16(15)20)24(6,7)19(3,4)5/h8,10,14H,1,9,11H2,2-7H3. The first kappa shape index (κ1) is 19.5. The molecule has 2 rings (SSSR count). The molecule has 5 heteroatoms. The highest BCUT2D eigenvalue weighted by Gasteiger charge is 2.42. The fourth-order valence-corrected chi connectivity index (χ4v) is 5.89. The van der Waals surface area contributed by atoms with E-state index in [0.29, 0.717) is 0 Å². The second kappa shape index (κ2) is 6.82. The van der Waals surface area contributed by atoms with Crippen molar-refractivity contribution in [2.45, 2.75) is 64.8 Å². The van der Waals surface area contributed by atoms with Gasteiger partial charge in [-0.2, -0.15) is 0 Å². The molecule has 1 unspecified atom stereocenters. The van der Waals surface area contributed by atoms with E-state index in [1.54, 1.807) is 6.08 Å². The number of furan rings is 1. The third-order valence-electron chi connectivity index (χ3n) is 5.39. The van der Waals surface area contributed by atoms with Gasteiger partial charge < -0.3 is 9.15 Å². The summed E-state index contributed by atoms with van der Waals surface area (Å²) in [6.45, 7) is 17.4. The zero-order valence-electron chi connectivity index (χ0n) is 15.5. The van der Waals surface area contributed by atoms with Crippen molar-refractivity contribution in [3.05, 3.63) is 39.2 Å². The molecule has 1 aliphatic carbocycles. The van der Waals surface area contributed by atoms with E-state index in [4.69, 9.17) is 9.15 Å². The van der Waals surface area contributed by atoms with Crippen LogP contribution in [0.25, 0.3) is 0 Å². The molecule has 0 fully saturated rings. The van der Waals surface area contributed by atoms with E-state index >= 15 is 0 Å². The number of carbonyl (C=O) groups excluding carboxylic acids is 1. The smallest absolute Gasteiger partial charge is 0.334 e. The molecule has 0 amide bonds. The van der Waals surface area contributed by atoms with E-state index in [2.05, 4.69) is 70.0 Å². The maximum absolute atomic E-state index is 12.2. The van der Waals surface area contributed by atoms with Crippen LogP contribution in [0.15, 0.2) is 28.7 Å². The van der Waals surface area contributed by atoms with Crippen LogP contribution in [0.4, 0.5) is 0 Å². The summed E-state index contributed by atoms with van der Waals surface area (Å²) in [5.74, 6) is -0.239. The average molecular weight is 458 g/mol. The summed E-state index contributed by atoms with van der Waals surface area (Å²) in [5.41, 5.74) is 2.81. The second-order valence-corrected chi connectivity index (χ2v) is 14.1. The third-order valence-corrected chi connectivity index (χ3v) is 11.6. The van der Waals surface area contributed by atoms with Gasteiger partial charge in [0.05, 0.1) is 10.9 Å². The largest absolute Gasteiger partial charge is 0.460 e. The number of allylic oxidation sites excluding steroid dienone is 1. The second-order valence-electron chi connectivity index (χ2n) is 7.95. The van der Waals surface area contributed by atoms with Crippen LogP contribution < -0.4 is 5.38 Å². The van der Waals surface area contributed by atoms with Crippen LogP contribution in [-0.2, 0) is 9.53 Å². The number of esters is 1. The summed E-state index contributed by atoms with van der Waals surface area (Å²) in [4.78, 5) is 12.2. The van der Waals surface area contributed by atoms with Gasteiger partial charge in [0, 0.05) is 28.2 Å². The van der Waals surface area contributed by atoms with Gasteiger partial charge in [-0.1, -0.05) is 46.5 Å². The van der Waals surface area contributed by atoms with E-state index in [9.17, 15) is 4.79 Å². The minimum absolute atomic E-state index is 0.174. The Kier molecular flexibility index (Phi) is 5.54. The topological polar surface area (TPSA) is 39.4 Å². The number of hydrogen-bond acceptors (Lipinski definition) is 3. The zero-order chi connectivity index (χ0) is 18.3. The van der Waals surface area contributed by atoms with Gasteiger partial charge >= 0.3 is 5.97 Å². The molecule has 0 aromatic carbocycles. The molecule has 0 saturated carbocycles. The fourth-order valence-electron chi connectivity index (χ4n) is 2.64. The minimum Gasteiger partial charge on any atom is -0.460 e. The molecule has 0 N–H and O–H groups in total. The van der Waals surface area contributed by atoms with Gasteiger partial charge in [0.15, 0.2) is 3.77 Å². The first-order chi connectivity index (χ1) is 11.0. The molecule has 1 aliphatic rings. The van der Waals surface area contributed by atoms with Crippen LogP contribution >= 0.6 is 22.6 Å². The Morgan fingerprint density at radius 2 is 2.04 bits per heavy atom. The highest BCUT2D eigenvalue weighted by molar-refractivity contribution is 14.1. The summed E-state index contributed by atoms with van der Waals surface area (Å²) >= 11 is 2.20. The van der Waals surface area contributed by atoms with Crippen molar-refractivity contribution in [3.8, 4) is 0 Å². The molecule has 1 aromatic heterocycles. The van der Waals surface area contributed by atoms with Crippen molar-refractivity contribution in [2.24, 2.45) is 0 Å². The van der Waals surface area contributed by atoms with Crippen molar-refractivity contribution in [2.75, 3.05) is 0 Å². The Labute approximate surface area is 159 Å². The lowest BCUT2D eigenvalue weighted by atomic mass is 9.99. The molecule has 1 heterocycles. The number of halogens is 1. The number of rotatable bonds is 5. The van der Waals surface area contributed by atoms with Crippen molar-refractivity contribution >= 4 is 42.0 Å². The molecular formula is C19H27IO3Si. The average Bonchev–Trinajstić information content (AvgIpc) is 2.69. The molecule has 3 nitrogen and oxygen atoms in total. The SMILES string of the molecule is C=CC(OC(=O)C1=CCC1)c1c(I)oc([Si](C)(C)C(C)(C)C)c1C. The molecule has 132 valence electrons. The summed E-state index contributed by atoms with van der Waals surface area (Å²) < 4.78 is 12.7. The summed E-state index contributed by atoms with van der Waals surface area (Å²) in [5, 5.41) is 1.26. The Hall–Kier alpha value is -0.823. The molecule has 1 atom stereocenters. The fraction of sp³-hybridized carbons (Fsp3) is 0.526. The highest BCUT2D eigenvalue weighted by atomic mass is 127. The van der Waals surface area contributed by atoms with Crippen molar-refractivity contribution in [1.29, 1.82) is 0 Å². The van der Waals surface area contributed by atoms with Crippen LogP contribution in [0.5, 0.6) is 0 Å². The third kappa shape index (κ3) is 3.42. The lowest BCUT2D eigenvalue weighted by molar-refractivity contribution is -0.143. The molecular weight excluding hydrogens is 431 g/mol. The summed E-state index contributed by atoms with van der Waals surface area (Å²) in [6, 6.07) is 0. The maximum Gasteiger partial charge on any atom is 0.334 e. The normalized spacial score (nSPS) is 16.2. The van der Waals surface area contributed by atoms with Crippen LogP contribution in [-0.4, -0.2) is 14.0 Å².